The number of halogens is 2. The molecular weight excluding hydrogens is 363 g/mol. The van der Waals surface area contributed by atoms with Crippen LogP contribution >= 0.6 is 11.6 Å². The predicted molar refractivity (Wildman–Crippen MR) is 93.6 cm³/mol. The minimum Gasteiger partial charge on any atom is -0.350 e. The molecule has 6 nitrogen and oxygen atoms in total. The second kappa shape index (κ2) is 6.98. The number of aromatic nitrogens is 1. The standard InChI is InChI=1S/C18H18ClFN2O4/c19-13-8-15-11(7-14(13)20)17(23)12(9-22(15)10-4-5-10)18(24)21-26-16-3-1-2-6-25-16/h7-10,16H,1-6H2,(H,21,24)/t16-/m1/s1. The van der Waals surface area contributed by atoms with Gasteiger partial charge in [0.15, 0.2) is 6.29 Å². The number of nitrogens with one attached hydrogen (secondary N) is 1. The summed E-state index contributed by atoms with van der Waals surface area (Å²) in [6, 6.07) is 2.69. The molecule has 0 radical (unpaired) electrons. The van der Waals surface area contributed by atoms with Gasteiger partial charge in [0.05, 0.1) is 10.5 Å². The molecule has 0 unspecified atom stereocenters. The molecule has 4 rings (SSSR count). The van der Waals surface area contributed by atoms with Gasteiger partial charge >= 0.3 is 0 Å². The van der Waals surface area contributed by atoms with E-state index in [0.29, 0.717) is 18.5 Å². The third-order valence-corrected chi connectivity index (χ3v) is 4.97. The number of hydrogen-bond donors (Lipinski definition) is 1. The summed E-state index contributed by atoms with van der Waals surface area (Å²) in [5, 5.41) is 0.0710. The summed E-state index contributed by atoms with van der Waals surface area (Å²) in [4.78, 5) is 30.4. The van der Waals surface area contributed by atoms with Gasteiger partial charge in [0.25, 0.3) is 5.91 Å². The Morgan fingerprint density at radius 2 is 2.12 bits per heavy atom. The fraction of sp³-hybridized carbons (Fsp3) is 0.444. The van der Waals surface area contributed by atoms with Gasteiger partial charge in [0, 0.05) is 30.7 Å². The Bertz CT molecular complexity index is 920. The van der Waals surface area contributed by atoms with Crippen LogP contribution in [0.4, 0.5) is 4.39 Å². The van der Waals surface area contributed by atoms with E-state index in [-0.39, 0.29) is 22.0 Å². The average Bonchev–Trinajstić information content (AvgIpc) is 3.48. The van der Waals surface area contributed by atoms with Crippen LogP contribution in [-0.2, 0) is 9.57 Å². The van der Waals surface area contributed by atoms with Crippen LogP contribution in [0.3, 0.4) is 0 Å². The van der Waals surface area contributed by atoms with Gasteiger partial charge in [0.2, 0.25) is 5.43 Å². The number of hydrogen-bond acceptors (Lipinski definition) is 4. The summed E-state index contributed by atoms with van der Waals surface area (Å²) in [7, 11) is 0. The Hall–Kier alpha value is -1.96. The van der Waals surface area contributed by atoms with E-state index in [1.54, 1.807) is 0 Å². The highest BCUT2D eigenvalue weighted by Crippen LogP contribution is 2.37. The summed E-state index contributed by atoms with van der Waals surface area (Å²) < 4.78 is 21.1. The maximum absolute atomic E-state index is 13.9. The SMILES string of the molecule is O=C(NO[C@@H]1CCCCO1)c1cn(C2CC2)c2cc(Cl)c(F)cc2c1=O. The number of fused-ring (bicyclic) bond motifs is 1. The Morgan fingerprint density at radius 3 is 2.81 bits per heavy atom. The normalized spacial score (nSPS) is 20.3. The third-order valence-electron chi connectivity index (χ3n) is 4.68. The molecule has 0 bridgehead atoms. The summed E-state index contributed by atoms with van der Waals surface area (Å²) in [6.45, 7) is 0.574. The number of carbonyl (C=O) groups is 1. The number of carbonyl (C=O) groups excluding carboxylic acids is 1. The largest absolute Gasteiger partial charge is 0.350 e. The lowest BCUT2D eigenvalue weighted by molar-refractivity contribution is -0.186. The first kappa shape index (κ1) is 17.5. The fourth-order valence-corrected chi connectivity index (χ4v) is 3.30. The highest BCUT2D eigenvalue weighted by Gasteiger charge is 2.27. The van der Waals surface area contributed by atoms with Crippen LogP contribution in [0.2, 0.25) is 5.02 Å². The van der Waals surface area contributed by atoms with Crippen molar-refractivity contribution in [2.45, 2.75) is 44.4 Å². The molecule has 2 aliphatic rings. The average molecular weight is 381 g/mol. The molecule has 1 N–H and O–H groups in total. The number of hydroxylamine groups is 1. The predicted octanol–water partition coefficient (Wildman–Crippen LogP) is 3.32. The zero-order valence-electron chi connectivity index (χ0n) is 14.0. The van der Waals surface area contributed by atoms with Crippen LogP contribution in [0.1, 0.15) is 48.5 Å². The van der Waals surface area contributed by atoms with E-state index in [4.69, 9.17) is 21.2 Å². The molecule has 1 aromatic carbocycles. The van der Waals surface area contributed by atoms with Crippen molar-refractivity contribution in [1.82, 2.24) is 10.0 Å². The van der Waals surface area contributed by atoms with Crippen LogP contribution in [0.15, 0.2) is 23.1 Å². The van der Waals surface area contributed by atoms with E-state index < -0.39 is 23.4 Å². The van der Waals surface area contributed by atoms with Crippen molar-refractivity contribution >= 4 is 28.4 Å². The van der Waals surface area contributed by atoms with Crippen LogP contribution < -0.4 is 10.9 Å². The number of rotatable bonds is 4. The van der Waals surface area contributed by atoms with E-state index in [2.05, 4.69) is 5.48 Å². The van der Waals surface area contributed by atoms with Gasteiger partial charge in [-0.1, -0.05) is 11.6 Å². The van der Waals surface area contributed by atoms with E-state index >= 15 is 0 Å². The molecular formula is C18H18ClFN2O4. The van der Waals surface area contributed by atoms with Crippen molar-refractivity contribution in [3.05, 3.63) is 45.0 Å². The minimum atomic E-state index is -0.692. The molecule has 2 fully saturated rings. The second-order valence-electron chi connectivity index (χ2n) is 6.64. The lowest BCUT2D eigenvalue weighted by Gasteiger charge is -2.22. The summed E-state index contributed by atoms with van der Waals surface area (Å²) in [6.07, 6.45) is 5.42. The fourth-order valence-electron chi connectivity index (χ4n) is 3.14. The quantitative estimate of drug-likeness (QED) is 0.826. The minimum absolute atomic E-state index is 0.0544. The lowest BCUT2D eigenvalue weighted by atomic mass is 10.1. The Balaban J connectivity index is 1.68. The maximum atomic E-state index is 13.9. The van der Waals surface area contributed by atoms with Gasteiger partial charge in [0.1, 0.15) is 11.4 Å². The zero-order valence-corrected chi connectivity index (χ0v) is 14.7. The van der Waals surface area contributed by atoms with Crippen molar-refractivity contribution in [3.63, 3.8) is 0 Å². The molecule has 1 aliphatic carbocycles. The molecule has 1 atom stereocenters. The maximum Gasteiger partial charge on any atom is 0.280 e. The van der Waals surface area contributed by atoms with Gasteiger partial charge in [-0.25, -0.2) is 14.7 Å². The lowest BCUT2D eigenvalue weighted by Crippen LogP contribution is -2.35. The first-order valence-electron chi connectivity index (χ1n) is 8.66. The first-order chi connectivity index (χ1) is 12.5. The molecule has 8 heteroatoms. The molecule has 1 saturated carbocycles. The Labute approximate surface area is 153 Å². The molecule has 1 amide bonds. The molecule has 138 valence electrons. The van der Waals surface area contributed by atoms with E-state index in [1.807, 2.05) is 4.57 Å². The van der Waals surface area contributed by atoms with Gasteiger partial charge in [-0.2, -0.15) is 0 Å². The van der Waals surface area contributed by atoms with Crippen LogP contribution in [0.25, 0.3) is 10.9 Å². The Morgan fingerprint density at radius 1 is 1.31 bits per heavy atom. The Kier molecular flexibility index (Phi) is 4.69. The number of benzene rings is 1. The molecule has 26 heavy (non-hydrogen) atoms. The van der Waals surface area contributed by atoms with E-state index in [1.165, 1.54) is 12.3 Å². The van der Waals surface area contributed by atoms with Crippen molar-refractivity contribution in [1.29, 1.82) is 0 Å². The number of amides is 1. The third kappa shape index (κ3) is 3.34. The molecule has 0 spiro atoms. The van der Waals surface area contributed by atoms with Gasteiger partial charge < -0.3 is 9.30 Å². The van der Waals surface area contributed by atoms with E-state index in [0.717, 1.165) is 31.7 Å². The topological polar surface area (TPSA) is 69.6 Å². The summed E-state index contributed by atoms with van der Waals surface area (Å²) in [5.41, 5.74) is 2.16. The van der Waals surface area contributed by atoms with Crippen molar-refractivity contribution in [3.8, 4) is 0 Å². The molecule has 2 heterocycles. The van der Waals surface area contributed by atoms with Crippen LogP contribution in [0.5, 0.6) is 0 Å². The van der Waals surface area contributed by atoms with Crippen molar-refractivity contribution < 1.29 is 18.8 Å². The van der Waals surface area contributed by atoms with Gasteiger partial charge in [-0.05, 0) is 37.8 Å². The van der Waals surface area contributed by atoms with Crippen LogP contribution in [-0.4, -0.2) is 23.4 Å². The van der Waals surface area contributed by atoms with Gasteiger partial charge in [-0.3, -0.25) is 9.59 Å². The highest BCUT2D eigenvalue weighted by atomic mass is 35.5. The zero-order chi connectivity index (χ0) is 18.3. The molecule has 1 aliphatic heterocycles. The molecule has 1 aromatic heterocycles. The van der Waals surface area contributed by atoms with Gasteiger partial charge in [-0.15, -0.1) is 0 Å². The molecule has 1 saturated heterocycles. The first-order valence-corrected chi connectivity index (χ1v) is 9.04. The van der Waals surface area contributed by atoms with Crippen molar-refractivity contribution in [2.24, 2.45) is 0 Å². The smallest absolute Gasteiger partial charge is 0.280 e. The number of ether oxygens (including phenoxy) is 1. The van der Waals surface area contributed by atoms with E-state index in [9.17, 15) is 14.0 Å². The number of pyridine rings is 1. The monoisotopic (exact) mass is 380 g/mol. The summed E-state index contributed by atoms with van der Waals surface area (Å²) in [5.74, 6) is -1.36. The van der Waals surface area contributed by atoms with Crippen LogP contribution in [0, 0.1) is 5.82 Å². The highest BCUT2D eigenvalue weighted by molar-refractivity contribution is 6.31. The number of nitrogens with zero attached hydrogens (tertiary/aromatic N) is 1. The van der Waals surface area contributed by atoms with Crippen molar-refractivity contribution in [2.75, 3.05) is 6.61 Å². The molecule has 2 aromatic rings. The summed E-state index contributed by atoms with van der Waals surface area (Å²) >= 11 is 5.87. The second-order valence-corrected chi connectivity index (χ2v) is 7.05.